The van der Waals surface area contributed by atoms with Crippen molar-refractivity contribution in [3.63, 3.8) is 0 Å². The fraction of sp³-hybridized carbons (Fsp3) is 0.632. The molecular weight excluding hydrogens is 274 g/mol. The van der Waals surface area contributed by atoms with Crippen LogP contribution < -0.4 is 0 Å². The Hall–Kier alpha value is -1.51. The van der Waals surface area contributed by atoms with E-state index in [1.807, 2.05) is 25.7 Å². The maximum atomic E-state index is 12.3. The van der Waals surface area contributed by atoms with Crippen molar-refractivity contribution in [2.75, 3.05) is 13.1 Å². The third-order valence-electron chi connectivity index (χ3n) is 4.62. The van der Waals surface area contributed by atoms with Gasteiger partial charge in [-0.1, -0.05) is 12.1 Å². The van der Waals surface area contributed by atoms with Crippen LogP contribution in [0.2, 0.25) is 0 Å². The van der Waals surface area contributed by atoms with Crippen LogP contribution in [0.3, 0.4) is 0 Å². The largest absolute Gasteiger partial charge is 0.444 e. The quantitative estimate of drug-likeness (QED) is 0.727. The molecule has 0 saturated heterocycles. The molecule has 3 nitrogen and oxygen atoms in total. The topological polar surface area (TPSA) is 29.5 Å². The number of hydrogen-bond donors (Lipinski definition) is 0. The van der Waals surface area contributed by atoms with E-state index in [0.717, 1.165) is 25.9 Å². The monoisotopic (exact) mass is 301 g/mol. The van der Waals surface area contributed by atoms with Crippen molar-refractivity contribution in [3.05, 3.63) is 34.4 Å². The minimum Gasteiger partial charge on any atom is -0.444 e. The zero-order valence-electron chi connectivity index (χ0n) is 14.1. The predicted molar refractivity (Wildman–Crippen MR) is 88.3 cm³/mol. The normalized spacial score (nSPS) is 18.2. The zero-order valence-corrected chi connectivity index (χ0v) is 14.1. The molecule has 22 heavy (non-hydrogen) atoms. The summed E-state index contributed by atoms with van der Waals surface area (Å²) in [6.07, 6.45) is 6.79. The van der Waals surface area contributed by atoms with Gasteiger partial charge in [-0.05, 0) is 81.5 Å². The molecule has 0 atom stereocenters. The van der Waals surface area contributed by atoms with E-state index >= 15 is 0 Å². The molecule has 0 bridgehead atoms. The third-order valence-corrected chi connectivity index (χ3v) is 4.62. The summed E-state index contributed by atoms with van der Waals surface area (Å²) in [5.41, 5.74) is 5.53. The van der Waals surface area contributed by atoms with E-state index in [9.17, 15) is 4.79 Å². The number of carbonyl (C=O) groups is 1. The Morgan fingerprint density at radius 1 is 0.909 bits per heavy atom. The summed E-state index contributed by atoms with van der Waals surface area (Å²) in [4.78, 5) is 14.1. The van der Waals surface area contributed by atoms with Crippen molar-refractivity contribution in [3.8, 4) is 0 Å². The number of carbonyl (C=O) groups excluding carboxylic acids is 1. The lowest BCUT2D eigenvalue weighted by Gasteiger charge is -2.26. The predicted octanol–water partition coefficient (Wildman–Crippen LogP) is 3.90. The molecule has 0 saturated carbocycles. The number of hydrogen-bond acceptors (Lipinski definition) is 2. The zero-order chi connectivity index (χ0) is 15.7. The minimum atomic E-state index is -0.421. The van der Waals surface area contributed by atoms with Gasteiger partial charge in [-0.3, -0.25) is 0 Å². The SMILES string of the molecule is CC(C)(C)OC(=O)N1CCc2cc3c(cc2CC1)CCCC3. The van der Waals surface area contributed by atoms with Crippen LogP contribution in [0.15, 0.2) is 12.1 Å². The second kappa shape index (κ2) is 5.94. The van der Waals surface area contributed by atoms with Gasteiger partial charge in [0.15, 0.2) is 0 Å². The number of amides is 1. The van der Waals surface area contributed by atoms with E-state index < -0.39 is 5.60 Å². The number of nitrogens with zero attached hydrogens (tertiary/aromatic N) is 1. The summed E-state index contributed by atoms with van der Waals surface area (Å²) < 4.78 is 5.52. The number of aryl methyl sites for hydroxylation is 2. The molecule has 1 aromatic rings. The van der Waals surface area contributed by atoms with Crippen molar-refractivity contribution in [1.29, 1.82) is 0 Å². The van der Waals surface area contributed by atoms with E-state index in [2.05, 4.69) is 12.1 Å². The summed E-state index contributed by atoms with van der Waals surface area (Å²) >= 11 is 0. The molecule has 0 fully saturated rings. The van der Waals surface area contributed by atoms with Gasteiger partial charge in [-0.25, -0.2) is 4.79 Å². The first-order chi connectivity index (χ1) is 10.4. The van der Waals surface area contributed by atoms with Gasteiger partial charge in [-0.15, -0.1) is 0 Å². The van der Waals surface area contributed by atoms with Crippen molar-refractivity contribution < 1.29 is 9.53 Å². The van der Waals surface area contributed by atoms with Gasteiger partial charge in [0, 0.05) is 13.1 Å². The van der Waals surface area contributed by atoms with Crippen LogP contribution in [-0.4, -0.2) is 29.7 Å². The van der Waals surface area contributed by atoms with Crippen molar-refractivity contribution in [2.45, 2.75) is 64.9 Å². The highest BCUT2D eigenvalue weighted by atomic mass is 16.6. The van der Waals surface area contributed by atoms with Crippen LogP contribution in [0, 0.1) is 0 Å². The van der Waals surface area contributed by atoms with E-state index in [0.29, 0.717) is 0 Å². The summed E-state index contributed by atoms with van der Waals surface area (Å²) in [7, 11) is 0. The van der Waals surface area contributed by atoms with E-state index in [4.69, 9.17) is 4.74 Å². The second-order valence-electron chi connectivity index (χ2n) is 7.56. The first kappa shape index (κ1) is 15.4. The molecular formula is C19H27NO2. The Morgan fingerprint density at radius 3 is 1.82 bits per heavy atom. The highest BCUT2D eigenvalue weighted by molar-refractivity contribution is 5.68. The van der Waals surface area contributed by atoms with Crippen LogP contribution in [0.4, 0.5) is 4.79 Å². The molecule has 1 aliphatic carbocycles. The van der Waals surface area contributed by atoms with Crippen LogP contribution in [0.25, 0.3) is 0 Å². The van der Waals surface area contributed by atoms with Crippen LogP contribution in [0.5, 0.6) is 0 Å². The molecule has 3 rings (SSSR count). The molecule has 0 spiro atoms. The molecule has 120 valence electrons. The summed E-state index contributed by atoms with van der Waals surface area (Å²) in [6.45, 7) is 7.30. The number of benzene rings is 1. The number of fused-ring (bicyclic) bond motifs is 2. The maximum Gasteiger partial charge on any atom is 0.410 e. The van der Waals surface area contributed by atoms with Crippen LogP contribution >= 0.6 is 0 Å². The Balaban J connectivity index is 1.74. The third kappa shape index (κ3) is 3.45. The first-order valence-corrected chi connectivity index (χ1v) is 8.54. The highest BCUT2D eigenvalue weighted by Crippen LogP contribution is 2.27. The van der Waals surface area contributed by atoms with Gasteiger partial charge in [0.2, 0.25) is 0 Å². The molecule has 1 aromatic carbocycles. The molecule has 0 unspecified atom stereocenters. The van der Waals surface area contributed by atoms with Gasteiger partial charge in [0.05, 0.1) is 0 Å². The summed E-state index contributed by atoms with van der Waals surface area (Å²) in [6, 6.07) is 4.81. The van der Waals surface area contributed by atoms with Gasteiger partial charge in [0.25, 0.3) is 0 Å². The van der Waals surface area contributed by atoms with E-state index in [1.165, 1.54) is 47.9 Å². The van der Waals surface area contributed by atoms with Crippen molar-refractivity contribution in [1.82, 2.24) is 4.90 Å². The maximum absolute atomic E-state index is 12.3. The van der Waals surface area contributed by atoms with Crippen LogP contribution in [-0.2, 0) is 30.4 Å². The van der Waals surface area contributed by atoms with Gasteiger partial charge >= 0.3 is 6.09 Å². The highest BCUT2D eigenvalue weighted by Gasteiger charge is 2.24. The lowest BCUT2D eigenvalue weighted by Crippen LogP contribution is -2.38. The smallest absolute Gasteiger partial charge is 0.410 e. The molecule has 1 amide bonds. The van der Waals surface area contributed by atoms with E-state index in [-0.39, 0.29) is 6.09 Å². The van der Waals surface area contributed by atoms with E-state index in [1.54, 1.807) is 0 Å². The lowest BCUT2D eigenvalue weighted by atomic mass is 9.87. The van der Waals surface area contributed by atoms with Gasteiger partial charge < -0.3 is 9.64 Å². The Morgan fingerprint density at radius 2 is 1.36 bits per heavy atom. The Bertz CT molecular complexity index is 535. The summed E-state index contributed by atoms with van der Waals surface area (Å²) in [5, 5.41) is 0. The molecule has 1 heterocycles. The fourth-order valence-electron chi connectivity index (χ4n) is 3.48. The van der Waals surface area contributed by atoms with Crippen molar-refractivity contribution in [2.24, 2.45) is 0 Å². The average molecular weight is 301 g/mol. The standard InChI is InChI=1S/C19H27NO2/c1-19(2,3)22-18(21)20-10-8-16-12-14-6-4-5-7-15(14)13-17(16)9-11-20/h12-13H,4-11H2,1-3H3. The molecule has 0 radical (unpaired) electrons. The molecule has 0 N–H and O–H groups in total. The van der Waals surface area contributed by atoms with Crippen molar-refractivity contribution >= 4 is 6.09 Å². The fourth-order valence-corrected chi connectivity index (χ4v) is 3.48. The van der Waals surface area contributed by atoms with Gasteiger partial charge in [0.1, 0.15) is 5.60 Å². The van der Waals surface area contributed by atoms with Gasteiger partial charge in [-0.2, -0.15) is 0 Å². The van der Waals surface area contributed by atoms with Crippen LogP contribution in [0.1, 0.15) is 55.9 Å². The second-order valence-corrected chi connectivity index (χ2v) is 7.56. The molecule has 0 aromatic heterocycles. The summed E-state index contributed by atoms with van der Waals surface area (Å²) in [5.74, 6) is 0. The Labute approximate surface area is 133 Å². The minimum absolute atomic E-state index is 0.176. The lowest BCUT2D eigenvalue weighted by molar-refractivity contribution is 0.0258. The first-order valence-electron chi connectivity index (χ1n) is 8.54. The Kier molecular flexibility index (Phi) is 4.16. The molecule has 3 heteroatoms. The number of ether oxygens (including phenoxy) is 1. The number of rotatable bonds is 0. The molecule has 1 aliphatic heterocycles. The molecule has 2 aliphatic rings. The average Bonchev–Trinajstić information content (AvgIpc) is 2.65.